The van der Waals surface area contributed by atoms with Crippen molar-refractivity contribution < 1.29 is 13.2 Å². The number of rotatable bonds is 8. The van der Waals surface area contributed by atoms with Gasteiger partial charge < -0.3 is 15.4 Å². The lowest BCUT2D eigenvalue weighted by Crippen LogP contribution is -2.42. The van der Waals surface area contributed by atoms with Crippen molar-refractivity contribution in [3.05, 3.63) is 0 Å². The quantitative estimate of drug-likeness (QED) is 0.367. The molecule has 2 N–H and O–H groups in total. The lowest BCUT2D eigenvalue weighted by molar-refractivity contribution is 0.0376. The summed E-state index contributed by atoms with van der Waals surface area (Å²) in [6.07, 6.45) is 2.27. The number of nitrogens with zero attached hydrogens (tertiary/aromatic N) is 2. The first-order valence-electron chi connectivity index (χ1n) is 8.28. The molecule has 1 aliphatic rings. The van der Waals surface area contributed by atoms with E-state index in [1.807, 2.05) is 6.92 Å². The predicted octanol–water partition coefficient (Wildman–Crippen LogP) is 0.0870. The zero-order valence-corrected chi connectivity index (χ0v) is 15.7. The zero-order valence-electron chi connectivity index (χ0n) is 14.9. The normalized spacial score (nSPS) is 18.0. The standard InChI is InChI=1S/C15H32N4O3S/c1-5-16-14(18-13-15(2,3)23(4,20)21)17-7-6-8-19-9-11-22-12-10-19/h5-13H2,1-4H3,(H2,16,17,18). The Morgan fingerprint density at radius 3 is 2.48 bits per heavy atom. The predicted molar refractivity (Wildman–Crippen MR) is 94.8 cm³/mol. The highest BCUT2D eigenvalue weighted by Crippen LogP contribution is 2.15. The molecule has 8 heteroatoms. The molecule has 0 aliphatic carbocycles. The van der Waals surface area contributed by atoms with Gasteiger partial charge in [0.15, 0.2) is 15.8 Å². The maximum atomic E-state index is 11.7. The third-order valence-corrected chi connectivity index (χ3v) is 6.15. The van der Waals surface area contributed by atoms with Crippen molar-refractivity contribution in [3.63, 3.8) is 0 Å². The molecule has 1 rings (SSSR count). The third kappa shape index (κ3) is 7.50. The molecule has 0 aromatic rings. The molecule has 0 bridgehead atoms. The van der Waals surface area contributed by atoms with Crippen LogP contribution < -0.4 is 10.6 Å². The van der Waals surface area contributed by atoms with Gasteiger partial charge in [0.05, 0.1) is 24.5 Å². The van der Waals surface area contributed by atoms with Gasteiger partial charge in [0.25, 0.3) is 0 Å². The highest BCUT2D eigenvalue weighted by molar-refractivity contribution is 7.92. The molecule has 0 amide bonds. The van der Waals surface area contributed by atoms with Gasteiger partial charge in [0, 0.05) is 32.4 Å². The van der Waals surface area contributed by atoms with Gasteiger partial charge in [-0.05, 0) is 33.7 Å². The number of guanidine groups is 1. The summed E-state index contributed by atoms with van der Waals surface area (Å²) in [6.45, 7) is 11.9. The average molecular weight is 349 g/mol. The van der Waals surface area contributed by atoms with Crippen molar-refractivity contribution in [2.24, 2.45) is 4.99 Å². The number of morpholine rings is 1. The van der Waals surface area contributed by atoms with Crippen LogP contribution in [0.15, 0.2) is 4.99 Å². The van der Waals surface area contributed by atoms with E-state index in [9.17, 15) is 8.42 Å². The van der Waals surface area contributed by atoms with Crippen LogP contribution in [0.5, 0.6) is 0 Å². The molecular formula is C15H32N4O3S. The van der Waals surface area contributed by atoms with Crippen molar-refractivity contribution in [3.8, 4) is 0 Å². The van der Waals surface area contributed by atoms with Gasteiger partial charge in [-0.25, -0.2) is 8.42 Å². The topological polar surface area (TPSA) is 83.0 Å². The molecule has 1 saturated heterocycles. The molecule has 0 unspecified atom stereocenters. The van der Waals surface area contributed by atoms with Crippen molar-refractivity contribution in [1.29, 1.82) is 0 Å². The molecule has 7 nitrogen and oxygen atoms in total. The lowest BCUT2D eigenvalue weighted by Gasteiger charge is -2.26. The molecule has 1 aliphatic heterocycles. The minimum absolute atomic E-state index is 0.241. The summed E-state index contributed by atoms with van der Waals surface area (Å²) >= 11 is 0. The van der Waals surface area contributed by atoms with E-state index in [4.69, 9.17) is 4.74 Å². The minimum atomic E-state index is -3.13. The highest BCUT2D eigenvalue weighted by Gasteiger charge is 2.29. The van der Waals surface area contributed by atoms with Crippen LogP contribution in [0.1, 0.15) is 27.2 Å². The van der Waals surface area contributed by atoms with E-state index in [1.54, 1.807) is 13.8 Å². The fourth-order valence-electron chi connectivity index (χ4n) is 2.06. The van der Waals surface area contributed by atoms with Crippen LogP contribution in [-0.2, 0) is 14.6 Å². The Bertz CT molecular complexity index is 471. The zero-order chi connectivity index (χ0) is 17.3. The van der Waals surface area contributed by atoms with Gasteiger partial charge in [-0.15, -0.1) is 0 Å². The maximum absolute atomic E-state index is 11.7. The first-order chi connectivity index (χ1) is 10.8. The molecule has 0 saturated carbocycles. The van der Waals surface area contributed by atoms with Crippen LogP contribution in [0.25, 0.3) is 0 Å². The largest absolute Gasteiger partial charge is 0.379 e. The maximum Gasteiger partial charge on any atom is 0.191 e. The van der Waals surface area contributed by atoms with Gasteiger partial charge in [0.2, 0.25) is 0 Å². The second-order valence-electron chi connectivity index (χ2n) is 6.46. The Morgan fingerprint density at radius 2 is 1.91 bits per heavy atom. The molecule has 0 spiro atoms. The number of ether oxygens (including phenoxy) is 1. The van der Waals surface area contributed by atoms with E-state index < -0.39 is 14.6 Å². The van der Waals surface area contributed by atoms with Crippen LogP contribution in [0.3, 0.4) is 0 Å². The van der Waals surface area contributed by atoms with Crippen molar-refractivity contribution in [2.45, 2.75) is 31.9 Å². The Labute approximate surface area is 140 Å². The second-order valence-corrected chi connectivity index (χ2v) is 9.11. The second kappa shape index (κ2) is 9.44. The molecule has 136 valence electrons. The van der Waals surface area contributed by atoms with E-state index in [2.05, 4.69) is 20.5 Å². The van der Waals surface area contributed by atoms with Crippen LogP contribution in [0, 0.1) is 0 Å². The van der Waals surface area contributed by atoms with Crippen molar-refractivity contribution in [2.75, 3.05) is 58.7 Å². The lowest BCUT2D eigenvalue weighted by atomic mass is 10.2. The number of aliphatic imine (C=N–C) groups is 1. The monoisotopic (exact) mass is 348 g/mol. The van der Waals surface area contributed by atoms with Crippen LogP contribution >= 0.6 is 0 Å². The Kier molecular flexibility index (Phi) is 8.28. The van der Waals surface area contributed by atoms with Gasteiger partial charge in [-0.1, -0.05) is 0 Å². The average Bonchev–Trinajstić information content (AvgIpc) is 2.49. The Morgan fingerprint density at radius 1 is 1.26 bits per heavy atom. The summed E-state index contributed by atoms with van der Waals surface area (Å²) < 4.78 is 27.9. The van der Waals surface area contributed by atoms with Crippen LogP contribution in [0.2, 0.25) is 0 Å². The van der Waals surface area contributed by atoms with E-state index in [0.29, 0.717) is 5.96 Å². The molecule has 0 aromatic carbocycles. The van der Waals surface area contributed by atoms with E-state index in [-0.39, 0.29) is 6.54 Å². The number of nitrogens with one attached hydrogen (secondary N) is 2. The third-order valence-electron chi connectivity index (χ3n) is 4.01. The molecule has 1 fully saturated rings. The Balaban J connectivity index is 2.40. The molecule has 1 heterocycles. The van der Waals surface area contributed by atoms with Crippen molar-refractivity contribution >= 4 is 15.8 Å². The SMILES string of the molecule is CCNC(=NCC(C)(C)S(C)(=O)=O)NCCCN1CCOCC1. The van der Waals surface area contributed by atoms with Gasteiger partial charge in [-0.3, -0.25) is 9.89 Å². The fourth-order valence-corrected chi connectivity index (χ4v) is 2.36. The summed E-state index contributed by atoms with van der Waals surface area (Å²) in [5.41, 5.74) is 0. The molecule has 0 aromatic heterocycles. The van der Waals surface area contributed by atoms with Crippen molar-refractivity contribution in [1.82, 2.24) is 15.5 Å². The summed E-state index contributed by atoms with van der Waals surface area (Å²) in [7, 11) is -3.13. The molecular weight excluding hydrogens is 316 g/mol. The summed E-state index contributed by atoms with van der Waals surface area (Å²) in [5, 5.41) is 6.43. The summed E-state index contributed by atoms with van der Waals surface area (Å²) in [4.78, 5) is 6.81. The summed E-state index contributed by atoms with van der Waals surface area (Å²) in [5.74, 6) is 0.672. The first kappa shape index (κ1) is 20.2. The first-order valence-corrected chi connectivity index (χ1v) is 10.2. The highest BCUT2D eigenvalue weighted by atomic mass is 32.2. The Hall–Kier alpha value is -0.860. The van der Waals surface area contributed by atoms with E-state index in [0.717, 1.165) is 52.4 Å². The molecule has 0 atom stereocenters. The molecule has 23 heavy (non-hydrogen) atoms. The van der Waals surface area contributed by atoms with E-state index in [1.165, 1.54) is 6.26 Å². The fraction of sp³-hybridized carbons (Fsp3) is 0.933. The molecule has 0 radical (unpaired) electrons. The summed E-state index contributed by atoms with van der Waals surface area (Å²) in [6, 6.07) is 0. The van der Waals surface area contributed by atoms with Crippen LogP contribution in [-0.4, -0.2) is 82.8 Å². The number of sulfone groups is 1. The van der Waals surface area contributed by atoms with Crippen LogP contribution in [0.4, 0.5) is 0 Å². The number of hydrogen-bond acceptors (Lipinski definition) is 5. The minimum Gasteiger partial charge on any atom is -0.379 e. The van der Waals surface area contributed by atoms with Gasteiger partial charge >= 0.3 is 0 Å². The van der Waals surface area contributed by atoms with E-state index >= 15 is 0 Å². The number of hydrogen-bond donors (Lipinski definition) is 2. The van der Waals surface area contributed by atoms with Gasteiger partial charge in [-0.2, -0.15) is 0 Å². The van der Waals surface area contributed by atoms with Gasteiger partial charge in [0.1, 0.15) is 0 Å². The smallest absolute Gasteiger partial charge is 0.191 e.